The number of nitrogens with one attached hydrogen (secondary N) is 1. The zero-order valence-electron chi connectivity index (χ0n) is 17.7. The predicted molar refractivity (Wildman–Crippen MR) is 119 cm³/mol. The molecule has 1 fully saturated rings. The normalized spacial score (nSPS) is 18.3. The van der Waals surface area contributed by atoms with Crippen molar-refractivity contribution in [3.63, 3.8) is 0 Å². The fraction of sp³-hybridized carbons (Fsp3) is 0.480. The van der Waals surface area contributed by atoms with Crippen molar-refractivity contribution in [2.75, 3.05) is 32.1 Å². The quantitative estimate of drug-likeness (QED) is 0.803. The van der Waals surface area contributed by atoms with Gasteiger partial charge in [0.25, 0.3) is 0 Å². The van der Waals surface area contributed by atoms with E-state index < -0.39 is 0 Å². The first-order chi connectivity index (χ1) is 14.1. The highest BCUT2D eigenvalue weighted by atomic mass is 16.1. The highest BCUT2D eigenvalue weighted by Crippen LogP contribution is 2.29. The number of nitrogens with zero attached hydrogens (tertiary/aromatic N) is 2. The molecule has 0 saturated heterocycles. The van der Waals surface area contributed by atoms with Gasteiger partial charge in [-0.05, 0) is 48.1 Å². The summed E-state index contributed by atoms with van der Waals surface area (Å²) >= 11 is 0. The minimum atomic E-state index is 0.199. The van der Waals surface area contributed by atoms with Crippen LogP contribution < -0.4 is 10.2 Å². The summed E-state index contributed by atoms with van der Waals surface area (Å²) in [7, 11) is 4.13. The highest BCUT2D eigenvalue weighted by molar-refractivity contribution is 5.78. The van der Waals surface area contributed by atoms with Crippen molar-refractivity contribution in [2.24, 2.45) is 5.92 Å². The lowest BCUT2D eigenvalue weighted by atomic mass is 9.96. The zero-order chi connectivity index (χ0) is 20.2. The SMILES string of the molecule is CN(C)c1ccc([C@@H](CNC(=O)C2CCCC2)N2CCc3ccccc3C2)cc1. The average molecular weight is 392 g/mol. The van der Waals surface area contributed by atoms with Crippen LogP contribution in [0.3, 0.4) is 0 Å². The molecule has 0 unspecified atom stereocenters. The van der Waals surface area contributed by atoms with Crippen LogP contribution in [0.4, 0.5) is 5.69 Å². The Kier molecular flexibility index (Phi) is 6.19. The fourth-order valence-corrected chi connectivity index (χ4v) is 4.77. The molecule has 0 radical (unpaired) electrons. The van der Waals surface area contributed by atoms with E-state index in [0.29, 0.717) is 6.54 Å². The van der Waals surface area contributed by atoms with Gasteiger partial charge in [-0.15, -0.1) is 0 Å². The van der Waals surface area contributed by atoms with Crippen LogP contribution in [0.5, 0.6) is 0 Å². The van der Waals surface area contributed by atoms with Gasteiger partial charge >= 0.3 is 0 Å². The summed E-state index contributed by atoms with van der Waals surface area (Å²) in [6.07, 6.45) is 5.54. The molecule has 0 bridgehead atoms. The Labute approximate surface area is 174 Å². The van der Waals surface area contributed by atoms with Gasteiger partial charge in [-0.3, -0.25) is 9.69 Å². The molecule has 0 aromatic heterocycles. The second kappa shape index (κ2) is 9.00. The minimum absolute atomic E-state index is 0.199. The standard InChI is InChI=1S/C25H33N3O/c1-27(2)23-13-11-20(12-14-23)24(17-26-25(29)21-8-4-5-9-21)28-16-15-19-7-3-6-10-22(19)18-28/h3,6-7,10-14,21,24H,4-5,8-9,15-18H2,1-2H3,(H,26,29)/t24-/m1/s1. The first-order valence-electron chi connectivity index (χ1n) is 11.0. The van der Waals surface area contributed by atoms with Crippen LogP contribution in [0.25, 0.3) is 0 Å². The third-order valence-electron chi connectivity index (χ3n) is 6.59. The third-order valence-corrected chi connectivity index (χ3v) is 6.59. The van der Waals surface area contributed by atoms with Gasteiger partial charge in [0.15, 0.2) is 0 Å². The molecular weight excluding hydrogens is 358 g/mol. The number of carbonyl (C=O) groups is 1. The molecule has 1 saturated carbocycles. The van der Waals surface area contributed by atoms with Crippen molar-refractivity contribution in [3.05, 3.63) is 65.2 Å². The van der Waals surface area contributed by atoms with Gasteiger partial charge in [0.05, 0.1) is 6.04 Å². The van der Waals surface area contributed by atoms with Crippen LogP contribution in [-0.4, -0.2) is 38.0 Å². The van der Waals surface area contributed by atoms with Crippen LogP contribution in [0, 0.1) is 5.92 Å². The molecule has 1 aliphatic carbocycles. The van der Waals surface area contributed by atoms with Crippen molar-refractivity contribution < 1.29 is 4.79 Å². The molecule has 2 aromatic carbocycles. The maximum Gasteiger partial charge on any atom is 0.223 e. The largest absolute Gasteiger partial charge is 0.378 e. The topological polar surface area (TPSA) is 35.6 Å². The van der Waals surface area contributed by atoms with E-state index in [2.05, 4.69) is 77.7 Å². The Morgan fingerprint density at radius 3 is 2.45 bits per heavy atom. The van der Waals surface area contributed by atoms with Crippen molar-refractivity contribution in [1.82, 2.24) is 10.2 Å². The lowest BCUT2D eigenvalue weighted by Gasteiger charge is -2.36. The van der Waals surface area contributed by atoms with E-state index in [-0.39, 0.29) is 17.9 Å². The van der Waals surface area contributed by atoms with E-state index >= 15 is 0 Å². The summed E-state index contributed by atoms with van der Waals surface area (Å²) in [4.78, 5) is 17.3. The van der Waals surface area contributed by atoms with Crippen molar-refractivity contribution in [1.29, 1.82) is 0 Å². The molecule has 4 rings (SSSR count). The minimum Gasteiger partial charge on any atom is -0.378 e. The Morgan fingerprint density at radius 2 is 1.76 bits per heavy atom. The van der Waals surface area contributed by atoms with Crippen LogP contribution in [0.15, 0.2) is 48.5 Å². The second-order valence-electron chi connectivity index (χ2n) is 8.72. The Balaban J connectivity index is 1.52. The number of carbonyl (C=O) groups excluding carboxylic acids is 1. The Hall–Kier alpha value is -2.33. The lowest BCUT2D eigenvalue weighted by molar-refractivity contribution is -0.125. The molecule has 2 aromatic rings. The number of fused-ring (bicyclic) bond motifs is 1. The summed E-state index contributed by atoms with van der Waals surface area (Å²) < 4.78 is 0. The molecule has 4 heteroatoms. The van der Waals surface area contributed by atoms with Gasteiger partial charge in [-0.1, -0.05) is 49.2 Å². The van der Waals surface area contributed by atoms with Gasteiger partial charge in [0, 0.05) is 45.3 Å². The molecule has 29 heavy (non-hydrogen) atoms. The molecule has 1 aliphatic heterocycles. The molecule has 154 valence electrons. The average Bonchev–Trinajstić information content (AvgIpc) is 3.29. The second-order valence-corrected chi connectivity index (χ2v) is 8.72. The monoisotopic (exact) mass is 391 g/mol. The third kappa shape index (κ3) is 4.64. The van der Waals surface area contributed by atoms with Gasteiger partial charge in [-0.2, -0.15) is 0 Å². The number of anilines is 1. The van der Waals surface area contributed by atoms with Gasteiger partial charge in [-0.25, -0.2) is 0 Å². The first kappa shape index (κ1) is 20.0. The smallest absolute Gasteiger partial charge is 0.223 e. The maximum absolute atomic E-state index is 12.7. The lowest BCUT2D eigenvalue weighted by Crippen LogP contribution is -2.41. The van der Waals surface area contributed by atoms with Gasteiger partial charge < -0.3 is 10.2 Å². The number of benzene rings is 2. The Bertz CT molecular complexity index is 824. The number of hydrogen-bond donors (Lipinski definition) is 1. The van der Waals surface area contributed by atoms with E-state index in [1.165, 1.54) is 35.2 Å². The summed E-state index contributed by atoms with van der Waals surface area (Å²) in [6.45, 7) is 2.64. The number of rotatable bonds is 6. The van der Waals surface area contributed by atoms with Crippen LogP contribution in [0.2, 0.25) is 0 Å². The van der Waals surface area contributed by atoms with Crippen LogP contribution in [-0.2, 0) is 17.8 Å². The van der Waals surface area contributed by atoms with E-state index in [4.69, 9.17) is 0 Å². The van der Waals surface area contributed by atoms with Crippen LogP contribution >= 0.6 is 0 Å². The van der Waals surface area contributed by atoms with Crippen molar-refractivity contribution in [2.45, 2.75) is 44.7 Å². The van der Waals surface area contributed by atoms with E-state index in [1.54, 1.807) is 0 Å². The van der Waals surface area contributed by atoms with Crippen molar-refractivity contribution in [3.8, 4) is 0 Å². The number of amides is 1. The molecule has 4 nitrogen and oxygen atoms in total. The summed E-state index contributed by atoms with van der Waals surface area (Å²) in [6, 6.07) is 17.8. The fourth-order valence-electron chi connectivity index (χ4n) is 4.77. The molecule has 1 heterocycles. The molecule has 1 N–H and O–H groups in total. The zero-order valence-corrected chi connectivity index (χ0v) is 17.7. The maximum atomic E-state index is 12.7. The summed E-state index contributed by atoms with van der Waals surface area (Å²) in [5, 5.41) is 3.29. The summed E-state index contributed by atoms with van der Waals surface area (Å²) in [5.74, 6) is 0.462. The number of hydrogen-bond acceptors (Lipinski definition) is 3. The summed E-state index contributed by atoms with van der Waals surface area (Å²) in [5.41, 5.74) is 5.35. The van der Waals surface area contributed by atoms with Crippen LogP contribution in [0.1, 0.15) is 48.4 Å². The molecule has 1 atom stereocenters. The first-order valence-corrected chi connectivity index (χ1v) is 11.0. The van der Waals surface area contributed by atoms with Crippen molar-refractivity contribution >= 4 is 11.6 Å². The molecular formula is C25H33N3O. The van der Waals surface area contributed by atoms with Gasteiger partial charge in [0.2, 0.25) is 5.91 Å². The molecule has 1 amide bonds. The Morgan fingerprint density at radius 1 is 1.07 bits per heavy atom. The van der Waals surface area contributed by atoms with E-state index in [1.807, 2.05) is 0 Å². The van der Waals surface area contributed by atoms with E-state index in [9.17, 15) is 4.79 Å². The van der Waals surface area contributed by atoms with E-state index in [0.717, 1.165) is 32.4 Å². The van der Waals surface area contributed by atoms with Gasteiger partial charge in [0.1, 0.15) is 0 Å². The predicted octanol–water partition coefficient (Wildman–Crippen LogP) is 4.16. The highest BCUT2D eigenvalue weighted by Gasteiger charge is 2.27. The molecule has 0 spiro atoms. The molecule has 2 aliphatic rings.